The monoisotopic (exact) mass is 387 g/mol. The van der Waals surface area contributed by atoms with Crippen molar-refractivity contribution in [2.45, 2.75) is 32.7 Å². The second-order valence-corrected chi connectivity index (χ2v) is 9.25. The Hall–Kier alpha value is -2.41. The first-order valence-electron chi connectivity index (χ1n) is 9.09. The molecular weight excluding hydrogens is 362 g/mol. The van der Waals surface area contributed by atoms with E-state index in [0.717, 1.165) is 28.9 Å². The van der Waals surface area contributed by atoms with E-state index >= 15 is 0 Å². The number of rotatable bonds is 5. The molecule has 2 heterocycles. The SMILES string of the molecule is CCc1cccc(C)c1NC(=O)c1cncc(N(C)C2CCS(=O)(=O)C2)c1. The number of sulfone groups is 1. The molecule has 0 bridgehead atoms. The molecule has 2 aromatic rings. The van der Waals surface area contributed by atoms with Gasteiger partial charge >= 0.3 is 0 Å². The molecule has 1 saturated heterocycles. The van der Waals surface area contributed by atoms with Crippen LogP contribution in [0.1, 0.15) is 34.8 Å². The van der Waals surface area contributed by atoms with Crippen molar-refractivity contribution < 1.29 is 13.2 Å². The summed E-state index contributed by atoms with van der Waals surface area (Å²) in [6.07, 6.45) is 4.61. The van der Waals surface area contributed by atoms with Crippen molar-refractivity contribution in [3.05, 3.63) is 53.3 Å². The van der Waals surface area contributed by atoms with E-state index in [2.05, 4.69) is 17.2 Å². The molecule has 1 amide bonds. The second-order valence-electron chi connectivity index (χ2n) is 7.02. The van der Waals surface area contributed by atoms with Gasteiger partial charge in [0.05, 0.1) is 29.0 Å². The number of para-hydroxylation sites is 1. The molecule has 0 saturated carbocycles. The normalized spacial score (nSPS) is 18.3. The van der Waals surface area contributed by atoms with Crippen LogP contribution in [0.3, 0.4) is 0 Å². The van der Waals surface area contributed by atoms with Crippen molar-refractivity contribution in [3.8, 4) is 0 Å². The number of carbonyl (C=O) groups is 1. The molecule has 1 aromatic carbocycles. The van der Waals surface area contributed by atoms with E-state index in [1.165, 1.54) is 6.20 Å². The van der Waals surface area contributed by atoms with E-state index in [1.807, 2.05) is 37.1 Å². The summed E-state index contributed by atoms with van der Waals surface area (Å²) >= 11 is 0. The quantitative estimate of drug-likeness (QED) is 0.853. The van der Waals surface area contributed by atoms with Crippen molar-refractivity contribution in [1.82, 2.24) is 4.98 Å². The summed E-state index contributed by atoms with van der Waals surface area (Å²) in [5, 5.41) is 3.00. The first kappa shape index (κ1) is 19.4. The molecule has 1 aliphatic rings. The zero-order valence-corrected chi connectivity index (χ0v) is 16.7. The number of nitrogens with zero attached hydrogens (tertiary/aromatic N) is 2. The smallest absolute Gasteiger partial charge is 0.257 e. The van der Waals surface area contributed by atoms with Gasteiger partial charge < -0.3 is 10.2 Å². The lowest BCUT2D eigenvalue weighted by Gasteiger charge is -2.25. The van der Waals surface area contributed by atoms with Crippen LogP contribution >= 0.6 is 0 Å². The topological polar surface area (TPSA) is 79.4 Å². The van der Waals surface area contributed by atoms with Crippen molar-refractivity contribution in [1.29, 1.82) is 0 Å². The van der Waals surface area contributed by atoms with Gasteiger partial charge in [0.15, 0.2) is 9.84 Å². The highest BCUT2D eigenvalue weighted by Crippen LogP contribution is 2.25. The standard InChI is InChI=1S/C20H25N3O3S/c1-4-15-7-5-6-14(2)19(15)22-20(24)16-10-18(12-21-11-16)23(3)17-8-9-27(25,26)13-17/h5-7,10-12,17H,4,8-9,13H2,1-3H3,(H,22,24). The van der Waals surface area contributed by atoms with Gasteiger partial charge in [0.2, 0.25) is 0 Å². The lowest BCUT2D eigenvalue weighted by Crippen LogP contribution is -2.32. The zero-order chi connectivity index (χ0) is 19.6. The maximum atomic E-state index is 12.8. The number of anilines is 2. The van der Waals surface area contributed by atoms with Gasteiger partial charge in [0.1, 0.15) is 0 Å². The molecule has 27 heavy (non-hydrogen) atoms. The van der Waals surface area contributed by atoms with E-state index < -0.39 is 9.84 Å². The molecule has 144 valence electrons. The fraction of sp³-hybridized carbons (Fsp3) is 0.400. The molecule has 0 spiro atoms. The Kier molecular flexibility index (Phi) is 5.51. The number of nitrogens with one attached hydrogen (secondary N) is 1. The van der Waals surface area contributed by atoms with Gasteiger partial charge in [-0.25, -0.2) is 8.42 Å². The lowest BCUT2D eigenvalue weighted by atomic mass is 10.1. The predicted octanol–water partition coefficient (Wildman–Crippen LogP) is 2.83. The van der Waals surface area contributed by atoms with E-state index in [9.17, 15) is 13.2 Å². The average molecular weight is 388 g/mol. The van der Waals surface area contributed by atoms with Crippen LogP contribution < -0.4 is 10.2 Å². The van der Waals surface area contributed by atoms with Crippen LogP contribution in [0.25, 0.3) is 0 Å². The Morgan fingerprint density at radius 3 is 2.78 bits per heavy atom. The van der Waals surface area contributed by atoms with Crippen LogP contribution in [0.5, 0.6) is 0 Å². The molecule has 1 aliphatic heterocycles. The maximum Gasteiger partial charge on any atom is 0.257 e. The molecule has 1 fully saturated rings. The first-order chi connectivity index (χ1) is 12.8. The molecule has 1 atom stereocenters. The number of carbonyl (C=O) groups excluding carboxylic acids is 1. The van der Waals surface area contributed by atoms with E-state index in [4.69, 9.17) is 0 Å². The first-order valence-corrected chi connectivity index (χ1v) is 10.9. The van der Waals surface area contributed by atoms with Crippen LogP contribution in [-0.4, -0.2) is 43.9 Å². The van der Waals surface area contributed by atoms with Crippen LogP contribution in [0.4, 0.5) is 11.4 Å². The molecule has 1 unspecified atom stereocenters. The molecule has 0 radical (unpaired) electrons. The van der Waals surface area contributed by atoms with Gasteiger partial charge in [-0.2, -0.15) is 0 Å². The fourth-order valence-electron chi connectivity index (χ4n) is 3.42. The number of hydrogen-bond donors (Lipinski definition) is 1. The van der Waals surface area contributed by atoms with Gasteiger partial charge in [0.25, 0.3) is 5.91 Å². The Bertz CT molecular complexity index is 957. The largest absolute Gasteiger partial charge is 0.369 e. The van der Waals surface area contributed by atoms with Crippen LogP contribution in [-0.2, 0) is 16.3 Å². The van der Waals surface area contributed by atoms with Crippen LogP contribution in [0.2, 0.25) is 0 Å². The lowest BCUT2D eigenvalue weighted by molar-refractivity contribution is 0.102. The predicted molar refractivity (Wildman–Crippen MR) is 108 cm³/mol. The Balaban J connectivity index is 1.80. The number of hydrogen-bond acceptors (Lipinski definition) is 5. The van der Waals surface area contributed by atoms with Crippen molar-refractivity contribution >= 4 is 27.1 Å². The molecule has 7 heteroatoms. The summed E-state index contributed by atoms with van der Waals surface area (Å²) in [4.78, 5) is 18.9. The summed E-state index contributed by atoms with van der Waals surface area (Å²) in [6, 6.07) is 7.63. The minimum Gasteiger partial charge on any atom is -0.369 e. The number of benzene rings is 1. The fourth-order valence-corrected chi connectivity index (χ4v) is 5.20. The third-order valence-corrected chi connectivity index (χ3v) is 6.88. The number of aryl methyl sites for hydroxylation is 2. The Morgan fingerprint density at radius 2 is 2.11 bits per heavy atom. The van der Waals surface area contributed by atoms with Crippen molar-refractivity contribution in [3.63, 3.8) is 0 Å². The Labute approximate surface area is 160 Å². The van der Waals surface area contributed by atoms with Crippen LogP contribution in [0, 0.1) is 6.92 Å². The van der Waals surface area contributed by atoms with E-state index in [0.29, 0.717) is 12.0 Å². The average Bonchev–Trinajstić information content (AvgIpc) is 3.02. The van der Waals surface area contributed by atoms with Crippen molar-refractivity contribution in [2.24, 2.45) is 0 Å². The minimum absolute atomic E-state index is 0.0850. The van der Waals surface area contributed by atoms with E-state index in [1.54, 1.807) is 12.3 Å². The number of amides is 1. The van der Waals surface area contributed by atoms with E-state index in [-0.39, 0.29) is 23.5 Å². The molecular formula is C20H25N3O3S. The summed E-state index contributed by atoms with van der Waals surface area (Å²) in [5.74, 6) is 0.131. The highest BCUT2D eigenvalue weighted by molar-refractivity contribution is 7.91. The summed E-state index contributed by atoms with van der Waals surface area (Å²) in [6.45, 7) is 4.02. The van der Waals surface area contributed by atoms with Crippen LogP contribution in [0.15, 0.2) is 36.7 Å². The third kappa shape index (κ3) is 4.30. The highest BCUT2D eigenvalue weighted by Gasteiger charge is 2.31. The van der Waals surface area contributed by atoms with Gasteiger partial charge in [-0.3, -0.25) is 9.78 Å². The molecule has 1 N–H and O–H groups in total. The molecule has 3 rings (SSSR count). The third-order valence-electron chi connectivity index (χ3n) is 5.13. The molecule has 1 aromatic heterocycles. The number of aromatic nitrogens is 1. The summed E-state index contributed by atoms with van der Waals surface area (Å²) in [7, 11) is -1.12. The van der Waals surface area contributed by atoms with Gasteiger partial charge in [-0.1, -0.05) is 25.1 Å². The Morgan fingerprint density at radius 1 is 1.33 bits per heavy atom. The van der Waals surface area contributed by atoms with Gasteiger partial charge in [-0.15, -0.1) is 0 Å². The van der Waals surface area contributed by atoms with Gasteiger partial charge in [-0.05, 0) is 37.0 Å². The maximum absolute atomic E-state index is 12.8. The molecule has 0 aliphatic carbocycles. The minimum atomic E-state index is -2.97. The second kappa shape index (κ2) is 7.68. The number of pyridine rings is 1. The molecule has 6 nitrogen and oxygen atoms in total. The summed E-state index contributed by atoms with van der Waals surface area (Å²) < 4.78 is 23.5. The zero-order valence-electron chi connectivity index (χ0n) is 15.9. The highest BCUT2D eigenvalue weighted by atomic mass is 32.2. The summed E-state index contributed by atoms with van der Waals surface area (Å²) in [5.41, 5.74) is 4.13. The van der Waals surface area contributed by atoms with Crippen molar-refractivity contribution in [2.75, 3.05) is 28.8 Å². The van der Waals surface area contributed by atoms with Gasteiger partial charge in [0, 0.05) is 25.0 Å².